The molecule has 4 unspecified atom stereocenters. The second-order valence-corrected chi connectivity index (χ2v) is 17.8. The molecule has 1 rings (SSSR count). The Morgan fingerprint density at radius 2 is 1.00 bits per heavy atom. The summed E-state index contributed by atoms with van der Waals surface area (Å²) in [5.74, 6) is -1.25. The van der Waals surface area contributed by atoms with Gasteiger partial charge in [-0.3, -0.25) is 18.6 Å². The minimum Gasteiger partial charge on any atom is -0.462 e. The molecule has 14 nitrogen and oxygen atoms in total. The Bertz CT molecular complexity index is 1660. The summed E-state index contributed by atoms with van der Waals surface area (Å²) in [6.07, 6.45) is 41.5. The van der Waals surface area contributed by atoms with Crippen molar-refractivity contribution in [3.63, 3.8) is 0 Å². The van der Waals surface area contributed by atoms with Gasteiger partial charge in [-0.2, -0.15) is 0 Å². The second kappa shape index (κ2) is 41.0. The molecule has 0 heterocycles. The molecule has 0 aromatic heterocycles. The lowest BCUT2D eigenvalue weighted by Crippen LogP contribution is -2.64. The van der Waals surface area contributed by atoms with E-state index in [1.54, 1.807) is 6.08 Å². The van der Waals surface area contributed by atoms with E-state index in [0.717, 1.165) is 83.5 Å². The predicted octanol–water partition coefficient (Wildman–Crippen LogP) is 9.14. The summed E-state index contributed by atoms with van der Waals surface area (Å²) in [6.45, 7) is 2.90. The van der Waals surface area contributed by atoms with Gasteiger partial charge in [0.05, 0.1) is 12.7 Å². The fourth-order valence-corrected chi connectivity index (χ4v) is 7.48. The summed E-state index contributed by atoms with van der Waals surface area (Å²) >= 11 is 0. The van der Waals surface area contributed by atoms with Gasteiger partial charge in [0, 0.05) is 12.8 Å². The zero-order valence-corrected chi connectivity index (χ0v) is 41.3. The minimum atomic E-state index is -5.16. The highest BCUT2D eigenvalue weighted by Gasteiger charge is 2.51. The van der Waals surface area contributed by atoms with Crippen molar-refractivity contribution in [2.75, 3.05) is 13.2 Å². The average Bonchev–Trinajstić information content (AvgIpc) is 3.32. The standard InChI is InChI=1S/C53H83O14P/c1-3-5-7-8-9-10-11-12-13-14-15-16-17-20-23-26-29-32-36-40-46(55)64-42-45(43-65-68(62,63)67-53-51(60)49(58)48(57)50(59)52(53)61)66-47(56)41-37-33-30-27-24-21-18-19-22-25-28-31-35-39-44(54)38-34-6-4-2/h5-7,9-10,12-13,15-16,19,21-22,24,28,30-31,33-35,39,44-45,48-54,57-61H,3-4,8,11,14,17-18,20,23,25-27,29,32,36-38,40-43H2,1-2H3,(H,62,63)/b7-5-,10-9-,13-12-,16-15-,22-19-,24-21-,31-28+,33-30-,34-6-,39-35+/t44?,45-,48?,49-,50+,51-,52-,53?/m1/s1. The minimum absolute atomic E-state index is 0.0553. The van der Waals surface area contributed by atoms with E-state index in [1.807, 2.05) is 54.7 Å². The average molecular weight is 975 g/mol. The highest BCUT2D eigenvalue weighted by Crippen LogP contribution is 2.47. The van der Waals surface area contributed by atoms with Crippen LogP contribution in [0.3, 0.4) is 0 Å². The number of unbranched alkanes of at least 4 members (excludes halogenated alkanes) is 6. The van der Waals surface area contributed by atoms with E-state index in [4.69, 9.17) is 18.5 Å². The van der Waals surface area contributed by atoms with Gasteiger partial charge in [0.2, 0.25) is 0 Å². The van der Waals surface area contributed by atoms with Gasteiger partial charge in [0.25, 0.3) is 0 Å². The number of hydrogen-bond acceptors (Lipinski definition) is 13. The molecule has 0 aromatic carbocycles. The van der Waals surface area contributed by atoms with Gasteiger partial charge in [-0.15, -0.1) is 0 Å². The SMILES string of the molecule is CC/C=C\C/C=C\C/C=C\C/C=C\CCCCCCCCC(=O)OC[C@H](COP(=O)(O)OC1[C@H](O)[C@H](O)C(O)[C@H](O)[C@H]1O)OC(=O)CC/C=C\C/C=C\C/C=C\C/C=C/C=C/C(O)C/C=C\CC. The van der Waals surface area contributed by atoms with Gasteiger partial charge >= 0.3 is 19.8 Å². The van der Waals surface area contributed by atoms with E-state index in [0.29, 0.717) is 25.7 Å². The van der Waals surface area contributed by atoms with Crippen LogP contribution in [0.15, 0.2) is 122 Å². The van der Waals surface area contributed by atoms with E-state index < -0.39 is 81.8 Å². The number of ether oxygens (including phenoxy) is 2. The van der Waals surface area contributed by atoms with Crippen LogP contribution in [0.4, 0.5) is 0 Å². The first-order valence-corrected chi connectivity index (χ1v) is 25.9. The molecule has 384 valence electrons. The lowest BCUT2D eigenvalue weighted by molar-refractivity contribution is -0.220. The molecule has 0 aliphatic heterocycles. The van der Waals surface area contributed by atoms with Crippen molar-refractivity contribution >= 4 is 19.8 Å². The Labute approximate surface area is 406 Å². The van der Waals surface area contributed by atoms with Crippen molar-refractivity contribution < 1.29 is 68.2 Å². The quantitative estimate of drug-likeness (QED) is 0.0101. The van der Waals surface area contributed by atoms with Crippen LogP contribution in [0.5, 0.6) is 0 Å². The summed E-state index contributed by atoms with van der Waals surface area (Å²) in [7, 11) is -5.16. The Hall–Kier alpha value is -3.79. The van der Waals surface area contributed by atoms with Crippen molar-refractivity contribution in [2.24, 2.45) is 0 Å². The topological polar surface area (TPSA) is 230 Å². The van der Waals surface area contributed by atoms with Crippen LogP contribution in [0, 0.1) is 0 Å². The number of allylic oxidation sites excluding steroid dienone is 18. The molecule has 1 aliphatic carbocycles. The number of hydrogen-bond donors (Lipinski definition) is 7. The number of carbonyl (C=O) groups excluding carboxylic acids is 2. The molecule has 0 spiro atoms. The maximum Gasteiger partial charge on any atom is 0.472 e. The van der Waals surface area contributed by atoms with Crippen molar-refractivity contribution in [2.45, 2.75) is 185 Å². The number of aliphatic hydroxyl groups excluding tert-OH is 6. The molecule has 0 amide bonds. The molecule has 1 saturated carbocycles. The van der Waals surface area contributed by atoms with Crippen LogP contribution < -0.4 is 0 Å². The second-order valence-electron chi connectivity index (χ2n) is 16.4. The molecule has 0 bridgehead atoms. The van der Waals surface area contributed by atoms with Gasteiger partial charge in [-0.25, -0.2) is 4.57 Å². The third-order valence-electron chi connectivity index (χ3n) is 10.4. The van der Waals surface area contributed by atoms with Crippen molar-refractivity contribution in [3.05, 3.63) is 122 Å². The molecular formula is C53H83O14P. The Morgan fingerprint density at radius 3 is 1.57 bits per heavy atom. The van der Waals surface area contributed by atoms with E-state index in [1.165, 1.54) is 0 Å². The zero-order valence-electron chi connectivity index (χ0n) is 40.5. The number of rotatable bonds is 38. The molecule has 0 saturated heterocycles. The van der Waals surface area contributed by atoms with Crippen LogP contribution in [0.2, 0.25) is 0 Å². The maximum absolute atomic E-state index is 12.8. The van der Waals surface area contributed by atoms with E-state index in [-0.39, 0.29) is 12.8 Å². The predicted molar refractivity (Wildman–Crippen MR) is 268 cm³/mol. The molecule has 9 atom stereocenters. The maximum atomic E-state index is 12.8. The fourth-order valence-electron chi connectivity index (χ4n) is 6.50. The highest BCUT2D eigenvalue weighted by molar-refractivity contribution is 7.47. The number of carbonyl (C=O) groups is 2. The fraction of sp³-hybridized carbons (Fsp3) is 0.585. The summed E-state index contributed by atoms with van der Waals surface area (Å²) in [6, 6.07) is 0. The number of phosphoric ester groups is 1. The smallest absolute Gasteiger partial charge is 0.462 e. The summed E-state index contributed by atoms with van der Waals surface area (Å²) < 4.78 is 33.5. The first-order valence-electron chi connectivity index (χ1n) is 24.4. The normalized spacial score (nSPS) is 22.5. The molecule has 68 heavy (non-hydrogen) atoms. The summed E-state index contributed by atoms with van der Waals surface area (Å²) in [4.78, 5) is 35.8. The molecule has 0 aromatic rings. The number of phosphoric acid groups is 1. The van der Waals surface area contributed by atoms with Gasteiger partial charge in [-0.05, 0) is 83.5 Å². The molecular weight excluding hydrogens is 892 g/mol. The highest BCUT2D eigenvalue weighted by atomic mass is 31.2. The van der Waals surface area contributed by atoms with Crippen LogP contribution in [0.1, 0.15) is 136 Å². The zero-order chi connectivity index (χ0) is 50.1. The van der Waals surface area contributed by atoms with Gasteiger partial charge in [0.1, 0.15) is 43.2 Å². The molecule has 0 radical (unpaired) electrons. The Kier molecular flexibility index (Phi) is 37.6. The summed E-state index contributed by atoms with van der Waals surface area (Å²) in [5.41, 5.74) is 0. The van der Waals surface area contributed by atoms with E-state index in [9.17, 15) is 49.7 Å². The Balaban J connectivity index is 2.52. The van der Waals surface area contributed by atoms with Gasteiger partial charge in [-0.1, -0.05) is 161 Å². The molecule has 15 heteroatoms. The molecule has 7 N–H and O–H groups in total. The van der Waals surface area contributed by atoms with E-state index >= 15 is 0 Å². The van der Waals surface area contributed by atoms with Crippen LogP contribution >= 0.6 is 7.82 Å². The number of esters is 2. The van der Waals surface area contributed by atoms with Crippen molar-refractivity contribution in [1.82, 2.24) is 0 Å². The third-order valence-corrected chi connectivity index (χ3v) is 11.4. The third kappa shape index (κ3) is 32.9. The van der Waals surface area contributed by atoms with Crippen LogP contribution in [0.25, 0.3) is 0 Å². The molecule has 1 fully saturated rings. The lowest BCUT2D eigenvalue weighted by Gasteiger charge is -2.41. The first-order chi connectivity index (χ1) is 32.8. The van der Waals surface area contributed by atoms with Gasteiger partial charge in [0.15, 0.2) is 6.10 Å². The monoisotopic (exact) mass is 975 g/mol. The van der Waals surface area contributed by atoms with Gasteiger partial charge < -0.3 is 45.0 Å². The Morgan fingerprint density at radius 1 is 0.529 bits per heavy atom. The van der Waals surface area contributed by atoms with Crippen molar-refractivity contribution in [3.8, 4) is 0 Å². The van der Waals surface area contributed by atoms with Crippen LogP contribution in [-0.4, -0.2) is 110 Å². The van der Waals surface area contributed by atoms with Crippen LogP contribution in [-0.2, 0) is 32.7 Å². The lowest BCUT2D eigenvalue weighted by atomic mass is 9.85. The summed E-state index contributed by atoms with van der Waals surface area (Å²) in [5, 5.41) is 60.1. The largest absolute Gasteiger partial charge is 0.472 e. The van der Waals surface area contributed by atoms with Crippen molar-refractivity contribution in [1.29, 1.82) is 0 Å². The molecule has 1 aliphatic rings. The number of aliphatic hydroxyl groups is 6. The first kappa shape index (κ1) is 62.2. The van der Waals surface area contributed by atoms with E-state index in [2.05, 4.69) is 74.6 Å².